The second-order valence-corrected chi connectivity index (χ2v) is 6.38. The molecule has 0 saturated heterocycles. The molecule has 0 bridgehead atoms. The lowest BCUT2D eigenvalue weighted by Gasteiger charge is -2.23. The van der Waals surface area contributed by atoms with E-state index >= 15 is 0 Å². The molecule has 1 atom stereocenters. The van der Waals surface area contributed by atoms with Crippen molar-refractivity contribution in [2.75, 3.05) is 7.11 Å². The van der Waals surface area contributed by atoms with Crippen LogP contribution in [0, 0.1) is 0 Å². The van der Waals surface area contributed by atoms with Crippen molar-refractivity contribution in [1.29, 1.82) is 0 Å². The van der Waals surface area contributed by atoms with Crippen molar-refractivity contribution in [3.8, 4) is 0 Å². The highest BCUT2D eigenvalue weighted by molar-refractivity contribution is 5.83. The standard InChI is InChI=1S/C14H24O7/c1-13(2,3)20-10(15)8-9(11(16)18-7)19-12(17)21-14(4,5)6/h9H,8H2,1-7H3. The zero-order valence-corrected chi connectivity index (χ0v) is 13.6. The fourth-order valence-electron chi connectivity index (χ4n) is 1.23. The van der Waals surface area contributed by atoms with Gasteiger partial charge in [-0.15, -0.1) is 0 Å². The summed E-state index contributed by atoms with van der Waals surface area (Å²) in [6, 6.07) is 0. The van der Waals surface area contributed by atoms with E-state index in [9.17, 15) is 14.4 Å². The first-order valence-corrected chi connectivity index (χ1v) is 6.53. The SMILES string of the molecule is COC(=O)C(CC(=O)OC(C)(C)C)OC(=O)OC(C)(C)C. The smallest absolute Gasteiger partial charge is 0.466 e. The van der Waals surface area contributed by atoms with E-state index in [1.165, 1.54) is 0 Å². The van der Waals surface area contributed by atoms with Gasteiger partial charge in [0.15, 0.2) is 0 Å². The predicted molar refractivity (Wildman–Crippen MR) is 73.6 cm³/mol. The number of hydrogen-bond acceptors (Lipinski definition) is 7. The second-order valence-electron chi connectivity index (χ2n) is 6.38. The molecular formula is C14H24O7. The van der Waals surface area contributed by atoms with E-state index in [1.807, 2.05) is 0 Å². The third-order valence-electron chi connectivity index (χ3n) is 1.86. The quantitative estimate of drug-likeness (QED) is 0.581. The second kappa shape index (κ2) is 7.28. The van der Waals surface area contributed by atoms with E-state index in [0.29, 0.717) is 0 Å². The van der Waals surface area contributed by atoms with Gasteiger partial charge in [-0.2, -0.15) is 0 Å². The average Bonchev–Trinajstić information content (AvgIpc) is 2.21. The third kappa shape index (κ3) is 9.70. The van der Waals surface area contributed by atoms with Gasteiger partial charge in [-0.05, 0) is 41.5 Å². The van der Waals surface area contributed by atoms with Crippen molar-refractivity contribution in [3.05, 3.63) is 0 Å². The third-order valence-corrected chi connectivity index (χ3v) is 1.86. The van der Waals surface area contributed by atoms with Gasteiger partial charge in [0.1, 0.15) is 11.2 Å². The molecule has 0 aliphatic rings. The van der Waals surface area contributed by atoms with E-state index in [-0.39, 0.29) is 0 Å². The number of carbonyl (C=O) groups excluding carboxylic acids is 3. The Balaban J connectivity index is 4.72. The van der Waals surface area contributed by atoms with Crippen LogP contribution in [0.3, 0.4) is 0 Å². The topological polar surface area (TPSA) is 88.1 Å². The number of carbonyl (C=O) groups is 3. The molecule has 1 unspecified atom stereocenters. The Morgan fingerprint density at radius 2 is 1.38 bits per heavy atom. The van der Waals surface area contributed by atoms with Gasteiger partial charge in [0.25, 0.3) is 0 Å². The first-order valence-electron chi connectivity index (χ1n) is 6.53. The first-order chi connectivity index (χ1) is 9.34. The van der Waals surface area contributed by atoms with Gasteiger partial charge in [-0.1, -0.05) is 0 Å². The minimum absolute atomic E-state index is 0.441. The zero-order valence-electron chi connectivity index (χ0n) is 13.6. The molecule has 0 aromatic carbocycles. The van der Waals surface area contributed by atoms with Gasteiger partial charge in [-0.3, -0.25) is 4.79 Å². The summed E-state index contributed by atoms with van der Waals surface area (Å²) in [5.41, 5.74) is -1.48. The molecule has 0 fully saturated rings. The summed E-state index contributed by atoms with van der Waals surface area (Å²) in [6.07, 6.45) is -2.90. The maximum absolute atomic E-state index is 11.7. The average molecular weight is 304 g/mol. The van der Waals surface area contributed by atoms with E-state index in [4.69, 9.17) is 14.2 Å². The van der Waals surface area contributed by atoms with Crippen LogP contribution < -0.4 is 0 Å². The minimum atomic E-state index is -1.40. The molecule has 0 N–H and O–H groups in total. The Bertz CT molecular complexity index is 357. The van der Waals surface area contributed by atoms with Crippen LogP contribution in [-0.4, -0.2) is 42.5 Å². The number of esters is 2. The van der Waals surface area contributed by atoms with Gasteiger partial charge < -0.3 is 18.9 Å². The number of ether oxygens (including phenoxy) is 4. The molecule has 0 amide bonds. The Hall–Kier alpha value is -1.79. The first kappa shape index (κ1) is 19.2. The van der Waals surface area contributed by atoms with E-state index in [2.05, 4.69) is 4.74 Å². The molecule has 0 aromatic heterocycles. The van der Waals surface area contributed by atoms with Gasteiger partial charge in [-0.25, -0.2) is 9.59 Å². The molecule has 7 heteroatoms. The molecule has 0 aliphatic heterocycles. The molecule has 0 saturated carbocycles. The van der Waals surface area contributed by atoms with Crippen molar-refractivity contribution in [3.63, 3.8) is 0 Å². The van der Waals surface area contributed by atoms with Crippen LogP contribution in [0.5, 0.6) is 0 Å². The van der Waals surface area contributed by atoms with Crippen LogP contribution in [0.25, 0.3) is 0 Å². The molecule has 7 nitrogen and oxygen atoms in total. The van der Waals surface area contributed by atoms with E-state index < -0.39 is 41.8 Å². The van der Waals surface area contributed by atoms with Crippen LogP contribution in [0.4, 0.5) is 4.79 Å². The fraction of sp³-hybridized carbons (Fsp3) is 0.786. The van der Waals surface area contributed by atoms with Crippen LogP contribution in [0.2, 0.25) is 0 Å². The molecule has 0 spiro atoms. The highest BCUT2D eigenvalue weighted by atomic mass is 16.7. The van der Waals surface area contributed by atoms with Crippen LogP contribution in [-0.2, 0) is 28.5 Å². The monoisotopic (exact) mass is 304 g/mol. The lowest BCUT2D eigenvalue weighted by Crippen LogP contribution is -2.35. The summed E-state index contributed by atoms with van der Waals surface area (Å²) in [6.45, 7) is 10.0. The highest BCUT2D eigenvalue weighted by Crippen LogP contribution is 2.14. The molecule has 21 heavy (non-hydrogen) atoms. The van der Waals surface area contributed by atoms with Crippen molar-refractivity contribution in [2.24, 2.45) is 0 Å². The number of rotatable bonds is 4. The Kier molecular flexibility index (Phi) is 6.66. The van der Waals surface area contributed by atoms with Gasteiger partial charge in [0.05, 0.1) is 13.5 Å². The molecule has 0 rings (SSSR count). The van der Waals surface area contributed by atoms with Gasteiger partial charge in [0.2, 0.25) is 6.10 Å². The minimum Gasteiger partial charge on any atom is -0.466 e. The lowest BCUT2D eigenvalue weighted by atomic mass is 10.2. The van der Waals surface area contributed by atoms with Crippen molar-refractivity contribution >= 4 is 18.1 Å². The summed E-state index contributed by atoms with van der Waals surface area (Å²) >= 11 is 0. The highest BCUT2D eigenvalue weighted by Gasteiger charge is 2.31. The summed E-state index contributed by atoms with van der Waals surface area (Å²) < 4.78 is 19.3. The zero-order chi connectivity index (χ0) is 16.8. The fourth-order valence-corrected chi connectivity index (χ4v) is 1.23. The van der Waals surface area contributed by atoms with Crippen molar-refractivity contribution in [1.82, 2.24) is 0 Å². The maximum atomic E-state index is 11.7. The van der Waals surface area contributed by atoms with Crippen molar-refractivity contribution < 1.29 is 33.3 Å². The Morgan fingerprint density at radius 1 is 0.905 bits per heavy atom. The van der Waals surface area contributed by atoms with Gasteiger partial charge in [0, 0.05) is 0 Å². The molecule has 0 aliphatic carbocycles. The molecule has 0 radical (unpaired) electrons. The molecular weight excluding hydrogens is 280 g/mol. The van der Waals surface area contributed by atoms with Crippen LogP contribution in [0.15, 0.2) is 0 Å². The van der Waals surface area contributed by atoms with E-state index in [1.54, 1.807) is 41.5 Å². The summed E-state index contributed by atoms with van der Waals surface area (Å²) in [7, 11) is 1.13. The molecule has 0 aromatic rings. The van der Waals surface area contributed by atoms with Crippen LogP contribution in [0.1, 0.15) is 48.0 Å². The van der Waals surface area contributed by atoms with E-state index in [0.717, 1.165) is 7.11 Å². The summed E-state index contributed by atoms with van der Waals surface area (Å²) in [5, 5.41) is 0. The maximum Gasteiger partial charge on any atom is 0.509 e. The number of methoxy groups -OCH3 is 1. The summed E-state index contributed by atoms with van der Waals surface area (Å²) in [4.78, 5) is 34.8. The lowest BCUT2D eigenvalue weighted by molar-refractivity contribution is -0.165. The van der Waals surface area contributed by atoms with Gasteiger partial charge >= 0.3 is 18.1 Å². The van der Waals surface area contributed by atoms with Crippen molar-refractivity contribution in [2.45, 2.75) is 65.3 Å². The summed E-state index contributed by atoms with van der Waals surface area (Å²) in [5.74, 6) is -1.53. The normalized spacial score (nSPS) is 13.1. The number of hydrogen-bond donors (Lipinski definition) is 0. The predicted octanol–water partition coefficient (Wildman–Crippen LogP) is 2.21. The Labute approximate surface area is 124 Å². The largest absolute Gasteiger partial charge is 0.509 e. The Morgan fingerprint density at radius 3 is 1.76 bits per heavy atom. The molecule has 0 heterocycles. The molecule has 122 valence electrons. The van der Waals surface area contributed by atoms with Crippen LogP contribution >= 0.6 is 0 Å².